The van der Waals surface area contributed by atoms with Crippen LogP contribution in [0.1, 0.15) is 57.3 Å². The maximum Gasteiger partial charge on any atom is 0.123 e. The topological polar surface area (TPSA) is 44.9 Å². The van der Waals surface area contributed by atoms with Gasteiger partial charge in [0.1, 0.15) is 5.82 Å². The highest BCUT2D eigenvalue weighted by molar-refractivity contribution is 5.21. The van der Waals surface area contributed by atoms with Gasteiger partial charge in [-0.15, -0.1) is 0 Å². The fourth-order valence-electron chi connectivity index (χ4n) is 4.22. The molecule has 0 amide bonds. The van der Waals surface area contributed by atoms with Gasteiger partial charge in [-0.1, -0.05) is 26.0 Å². The number of benzene rings is 1. The molecule has 4 nitrogen and oxygen atoms in total. The van der Waals surface area contributed by atoms with Gasteiger partial charge >= 0.3 is 0 Å². The van der Waals surface area contributed by atoms with Crippen LogP contribution >= 0.6 is 0 Å². The summed E-state index contributed by atoms with van der Waals surface area (Å²) in [5, 5.41) is 9.69. The number of halogens is 1. The monoisotopic (exact) mass is 368 g/mol. The molecule has 3 rings (SSSR count). The van der Waals surface area contributed by atoms with E-state index in [2.05, 4.69) is 41.3 Å². The molecule has 144 valence electrons. The van der Waals surface area contributed by atoms with Gasteiger partial charge in [0.15, 0.2) is 0 Å². The van der Waals surface area contributed by atoms with Crippen LogP contribution in [0.4, 0.5) is 4.39 Å². The lowest BCUT2D eigenvalue weighted by Gasteiger charge is -2.38. The average Bonchev–Trinajstić information content (AvgIpc) is 3.11. The van der Waals surface area contributed by atoms with Crippen molar-refractivity contribution >= 4 is 0 Å². The van der Waals surface area contributed by atoms with Crippen molar-refractivity contribution in [3.05, 3.63) is 53.9 Å². The summed E-state index contributed by atoms with van der Waals surface area (Å²) >= 11 is 0. The zero-order valence-electron chi connectivity index (χ0n) is 16.5. The minimum Gasteiger partial charge on any atom is -0.326 e. The maximum absolute atomic E-state index is 13.2. The van der Waals surface area contributed by atoms with Crippen molar-refractivity contribution in [2.75, 3.05) is 13.1 Å². The molecule has 0 saturated carbocycles. The first kappa shape index (κ1) is 19.6. The zero-order chi connectivity index (χ0) is 19.4. The van der Waals surface area contributed by atoms with Crippen molar-refractivity contribution in [3.8, 4) is 6.07 Å². The standard InChI is InChI=1S/C22H29FN4/c1-17(2)12-22(15-24)8-10-26(11-9-22)14-21-13-25-16-27(21)18(3)19-4-6-20(23)7-5-19/h4-7,13,16-18H,8-12,14H2,1-3H3/t18-/m1/s1. The van der Waals surface area contributed by atoms with E-state index in [4.69, 9.17) is 0 Å². The van der Waals surface area contributed by atoms with Gasteiger partial charge in [0.2, 0.25) is 0 Å². The average molecular weight is 369 g/mol. The summed E-state index contributed by atoms with van der Waals surface area (Å²) in [5.74, 6) is 0.335. The quantitative estimate of drug-likeness (QED) is 0.737. The molecule has 27 heavy (non-hydrogen) atoms. The number of hydrogen-bond donors (Lipinski definition) is 0. The second-order valence-corrected chi connectivity index (χ2v) is 8.29. The molecule has 1 atom stereocenters. The summed E-state index contributed by atoms with van der Waals surface area (Å²) in [6.45, 7) is 9.21. The number of imidazole rings is 1. The first-order valence-electron chi connectivity index (χ1n) is 9.82. The molecule has 0 unspecified atom stereocenters. The molecule has 2 heterocycles. The third-order valence-corrected chi connectivity index (χ3v) is 5.75. The molecule has 0 N–H and O–H groups in total. The Bertz CT molecular complexity index is 779. The van der Waals surface area contributed by atoms with Crippen molar-refractivity contribution in [2.24, 2.45) is 11.3 Å². The molecule has 0 radical (unpaired) electrons. The van der Waals surface area contributed by atoms with Crippen LogP contribution in [0.15, 0.2) is 36.8 Å². The highest BCUT2D eigenvalue weighted by Crippen LogP contribution is 2.37. The Morgan fingerprint density at radius 1 is 1.19 bits per heavy atom. The molecule has 2 aromatic rings. The molecule has 1 aliphatic rings. The summed E-state index contributed by atoms with van der Waals surface area (Å²) in [7, 11) is 0. The molecule has 1 aromatic heterocycles. The van der Waals surface area contributed by atoms with Crippen LogP contribution in [-0.4, -0.2) is 27.5 Å². The largest absolute Gasteiger partial charge is 0.326 e. The smallest absolute Gasteiger partial charge is 0.123 e. The SMILES string of the molecule is CC(C)CC1(C#N)CCN(Cc2cncn2[C@H](C)c2ccc(F)cc2)CC1. The number of aromatic nitrogens is 2. The highest BCUT2D eigenvalue weighted by atomic mass is 19.1. The Morgan fingerprint density at radius 3 is 2.44 bits per heavy atom. The van der Waals surface area contributed by atoms with E-state index in [9.17, 15) is 9.65 Å². The van der Waals surface area contributed by atoms with Crippen LogP contribution < -0.4 is 0 Å². The summed E-state index contributed by atoms with van der Waals surface area (Å²) in [5.41, 5.74) is 2.06. The van der Waals surface area contributed by atoms with Crippen LogP contribution in [-0.2, 0) is 6.54 Å². The van der Waals surface area contributed by atoms with Crippen LogP contribution in [0.3, 0.4) is 0 Å². The van der Waals surface area contributed by atoms with E-state index in [0.717, 1.165) is 50.2 Å². The van der Waals surface area contributed by atoms with Gasteiger partial charge in [-0.05, 0) is 49.8 Å². The highest BCUT2D eigenvalue weighted by Gasteiger charge is 2.35. The molecule has 0 aliphatic carbocycles. The molecule has 0 spiro atoms. The fraction of sp³-hybridized carbons (Fsp3) is 0.545. The normalized spacial score (nSPS) is 18.4. The Hall–Kier alpha value is -2.19. The van der Waals surface area contributed by atoms with E-state index in [0.29, 0.717) is 5.92 Å². The van der Waals surface area contributed by atoms with Gasteiger partial charge in [-0.3, -0.25) is 4.90 Å². The van der Waals surface area contributed by atoms with Gasteiger partial charge in [-0.25, -0.2) is 9.37 Å². The van der Waals surface area contributed by atoms with Crippen LogP contribution in [0.2, 0.25) is 0 Å². The van der Waals surface area contributed by atoms with Crippen molar-refractivity contribution < 1.29 is 4.39 Å². The van der Waals surface area contributed by atoms with Gasteiger partial charge in [0.25, 0.3) is 0 Å². The van der Waals surface area contributed by atoms with E-state index in [1.807, 2.05) is 24.7 Å². The number of rotatable bonds is 6. The summed E-state index contributed by atoms with van der Waals surface area (Å²) in [6.07, 6.45) is 6.62. The van der Waals surface area contributed by atoms with Crippen molar-refractivity contribution in [2.45, 2.75) is 52.6 Å². The number of nitrogens with zero attached hydrogens (tertiary/aromatic N) is 4. The number of piperidine rings is 1. The summed E-state index contributed by atoms with van der Waals surface area (Å²) < 4.78 is 15.4. The van der Waals surface area contributed by atoms with Crippen molar-refractivity contribution in [1.82, 2.24) is 14.5 Å². The number of likely N-dealkylation sites (tertiary alicyclic amines) is 1. The lowest BCUT2D eigenvalue weighted by atomic mass is 9.74. The Balaban J connectivity index is 1.66. The zero-order valence-corrected chi connectivity index (χ0v) is 16.5. The first-order chi connectivity index (χ1) is 12.9. The summed E-state index contributed by atoms with van der Waals surface area (Å²) in [4.78, 5) is 6.76. The minimum absolute atomic E-state index is 0.104. The Morgan fingerprint density at radius 2 is 1.85 bits per heavy atom. The third kappa shape index (κ3) is 4.56. The van der Waals surface area contributed by atoms with E-state index in [-0.39, 0.29) is 17.3 Å². The Labute approximate surface area is 161 Å². The lowest BCUT2D eigenvalue weighted by Crippen LogP contribution is -2.40. The predicted molar refractivity (Wildman–Crippen MR) is 104 cm³/mol. The van der Waals surface area contributed by atoms with Gasteiger partial charge in [-0.2, -0.15) is 5.26 Å². The number of hydrogen-bond acceptors (Lipinski definition) is 3. The predicted octanol–water partition coefficient (Wildman–Crippen LogP) is 4.78. The van der Waals surface area contributed by atoms with E-state index >= 15 is 0 Å². The molecule has 1 aliphatic heterocycles. The second-order valence-electron chi connectivity index (χ2n) is 8.29. The Kier molecular flexibility index (Phi) is 5.96. The second kappa shape index (κ2) is 8.22. The number of nitriles is 1. The van der Waals surface area contributed by atoms with Crippen LogP contribution in [0, 0.1) is 28.5 Å². The molecular formula is C22H29FN4. The van der Waals surface area contributed by atoms with Crippen LogP contribution in [0.5, 0.6) is 0 Å². The lowest BCUT2D eigenvalue weighted by molar-refractivity contribution is 0.119. The third-order valence-electron chi connectivity index (χ3n) is 5.75. The first-order valence-corrected chi connectivity index (χ1v) is 9.82. The van der Waals surface area contributed by atoms with Gasteiger partial charge in [0, 0.05) is 25.8 Å². The van der Waals surface area contributed by atoms with Gasteiger partial charge < -0.3 is 4.57 Å². The van der Waals surface area contributed by atoms with E-state index in [1.165, 1.54) is 12.1 Å². The molecule has 1 aromatic carbocycles. The molecule has 5 heteroatoms. The van der Waals surface area contributed by atoms with E-state index in [1.54, 1.807) is 0 Å². The molecule has 1 fully saturated rings. The summed E-state index contributed by atoms with van der Waals surface area (Å²) in [6, 6.07) is 9.38. The fourth-order valence-corrected chi connectivity index (χ4v) is 4.22. The molecular weight excluding hydrogens is 339 g/mol. The van der Waals surface area contributed by atoms with Crippen molar-refractivity contribution in [3.63, 3.8) is 0 Å². The molecule has 1 saturated heterocycles. The van der Waals surface area contributed by atoms with Gasteiger partial charge in [0.05, 0.1) is 29.5 Å². The maximum atomic E-state index is 13.2. The van der Waals surface area contributed by atoms with Crippen molar-refractivity contribution in [1.29, 1.82) is 5.26 Å². The van der Waals surface area contributed by atoms with Crippen LogP contribution in [0.25, 0.3) is 0 Å². The van der Waals surface area contributed by atoms with E-state index < -0.39 is 0 Å². The minimum atomic E-state index is -0.215. The molecule has 0 bridgehead atoms.